The molecule has 2 heterocycles. The first-order valence-corrected chi connectivity index (χ1v) is 10.6. The number of pyridine rings is 1. The molecule has 2 aromatic carbocycles. The van der Waals surface area contributed by atoms with Gasteiger partial charge in [0.1, 0.15) is 6.42 Å². The Bertz CT molecular complexity index is 1420. The number of carbonyl (C=O) groups excluding carboxylic acids is 2. The third-order valence-electron chi connectivity index (χ3n) is 4.86. The first-order valence-electron chi connectivity index (χ1n) is 10.2. The van der Waals surface area contributed by atoms with Crippen LogP contribution in [0.15, 0.2) is 60.8 Å². The molecule has 0 radical (unpaired) electrons. The van der Waals surface area contributed by atoms with Crippen LogP contribution in [-0.4, -0.2) is 27.0 Å². The Morgan fingerprint density at radius 1 is 1.00 bits per heavy atom. The van der Waals surface area contributed by atoms with E-state index in [4.69, 9.17) is 11.6 Å². The Morgan fingerprint density at radius 2 is 1.80 bits per heavy atom. The fourth-order valence-electron chi connectivity index (χ4n) is 3.23. The van der Waals surface area contributed by atoms with Gasteiger partial charge in [0.15, 0.2) is 0 Å². The normalized spacial score (nSPS) is 11.7. The number of aromatic amines is 1. The van der Waals surface area contributed by atoms with E-state index in [1.807, 2.05) is 30.4 Å². The summed E-state index contributed by atoms with van der Waals surface area (Å²) in [7, 11) is 0. The number of hydrogen-bond donors (Lipinski definition) is 3. The molecule has 4 rings (SSSR count). The summed E-state index contributed by atoms with van der Waals surface area (Å²) in [6, 6.07) is 13.2. The number of aromatic nitrogens is 3. The van der Waals surface area contributed by atoms with Gasteiger partial charge in [-0.1, -0.05) is 17.7 Å². The molecular formula is C24H17ClF3N5O2. The van der Waals surface area contributed by atoms with Crippen LogP contribution in [0, 0.1) is 0 Å². The fraction of sp³-hybridized carbons (Fsp3) is 0.0833. The number of carbonyl (C=O) groups is 2. The number of halogens is 4. The molecule has 2 amide bonds. The zero-order valence-corrected chi connectivity index (χ0v) is 18.6. The first kappa shape index (κ1) is 24.0. The van der Waals surface area contributed by atoms with Crippen LogP contribution in [0.4, 0.5) is 24.5 Å². The summed E-state index contributed by atoms with van der Waals surface area (Å²) in [4.78, 5) is 28.7. The van der Waals surface area contributed by atoms with Gasteiger partial charge in [0, 0.05) is 17.3 Å². The highest BCUT2D eigenvalue weighted by atomic mass is 35.5. The number of benzene rings is 2. The zero-order valence-electron chi connectivity index (χ0n) is 17.9. The highest BCUT2D eigenvalue weighted by Gasteiger charge is 2.31. The number of alkyl halides is 3. The van der Waals surface area contributed by atoms with E-state index in [0.717, 1.165) is 23.2 Å². The van der Waals surface area contributed by atoms with Crippen molar-refractivity contribution in [3.05, 3.63) is 82.8 Å². The van der Waals surface area contributed by atoms with E-state index < -0.39 is 30.0 Å². The molecule has 11 heteroatoms. The molecule has 0 bridgehead atoms. The second-order valence-corrected chi connectivity index (χ2v) is 7.83. The van der Waals surface area contributed by atoms with Gasteiger partial charge in [-0.05, 0) is 60.7 Å². The molecule has 0 spiro atoms. The topological polar surface area (TPSA) is 99.8 Å². The maximum Gasteiger partial charge on any atom is 0.416 e. The summed E-state index contributed by atoms with van der Waals surface area (Å²) in [6.45, 7) is 0. The molecule has 4 aromatic rings. The largest absolute Gasteiger partial charge is 0.416 e. The molecule has 0 saturated carbocycles. The van der Waals surface area contributed by atoms with E-state index in [0.29, 0.717) is 23.0 Å². The number of nitrogens with one attached hydrogen (secondary N) is 3. The maximum atomic E-state index is 12.9. The van der Waals surface area contributed by atoms with Crippen molar-refractivity contribution in [2.24, 2.45) is 0 Å². The van der Waals surface area contributed by atoms with Crippen molar-refractivity contribution in [3.63, 3.8) is 0 Å². The first-order chi connectivity index (χ1) is 16.7. The summed E-state index contributed by atoms with van der Waals surface area (Å²) in [5.41, 5.74) is 1.33. The quantitative estimate of drug-likeness (QED) is 0.293. The van der Waals surface area contributed by atoms with Gasteiger partial charge in [-0.3, -0.25) is 19.7 Å². The van der Waals surface area contributed by atoms with Gasteiger partial charge in [-0.2, -0.15) is 18.3 Å². The van der Waals surface area contributed by atoms with Crippen LogP contribution in [0.3, 0.4) is 0 Å². The van der Waals surface area contributed by atoms with Gasteiger partial charge < -0.3 is 10.6 Å². The van der Waals surface area contributed by atoms with E-state index >= 15 is 0 Å². The Balaban J connectivity index is 1.39. The third kappa shape index (κ3) is 6.04. The van der Waals surface area contributed by atoms with Gasteiger partial charge in [0.25, 0.3) is 0 Å². The standard InChI is InChI=1S/C24H17ClF3N5O2/c25-18-8-4-14(24(26,27)28)11-21(18)31-23(35)13-22(34)30-16-5-7-17-19(32-33-20(17)12-16)9-6-15-3-1-2-10-29-15/h1-12H,13H2,(H,30,34)(H,31,35)(H,32,33)/b9-6+. The summed E-state index contributed by atoms with van der Waals surface area (Å²) >= 11 is 5.87. The fourth-order valence-corrected chi connectivity index (χ4v) is 3.39. The van der Waals surface area contributed by atoms with Crippen molar-refractivity contribution in [3.8, 4) is 0 Å². The summed E-state index contributed by atoms with van der Waals surface area (Å²) in [6.07, 6.45) is 0.0987. The minimum absolute atomic E-state index is 0.0793. The van der Waals surface area contributed by atoms with Crippen LogP contribution < -0.4 is 10.6 Å². The smallest absolute Gasteiger partial charge is 0.326 e. The third-order valence-corrected chi connectivity index (χ3v) is 5.19. The van der Waals surface area contributed by atoms with Gasteiger partial charge in [0.2, 0.25) is 11.8 Å². The molecule has 35 heavy (non-hydrogen) atoms. The Morgan fingerprint density at radius 3 is 2.54 bits per heavy atom. The van der Waals surface area contributed by atoms with E-state index in [1.54, 1.807) is 24.4 Å². The number of fused-ring (bicyclic) bond motifs is 1. The lowest BCUT2D eigenvalue weighted by Crippen LogP contribution is -2.21. The van der Waals surface area contributed by atoms with Crippen molar-refractivity contribution >= 4 is 57.8 Å². The highest BCUT2D eigenvalue weighted by Crippen LogP contribution is 2.33. The molecule has 7 nitrogen and oxygen atoms in total. The van der Waals surface area contributed by atoms with Gasteiger partial charge in [0.05, 0.1) is 33.2 Å². The Hall–Kier alpha value is -4.18. The molecule has 0 fully saturated rings. The predicted octanol–water partition coefficient (Wildman–Crippen LogP) is 5.77. The van der Waals surface area contributed by atoms with Gasteiger partial charge in [-0.15, -0.1) is 0 Å². The van der Waals surface area contributed by atoms with Gasteiger partial charge >= 0.3 is 6.18 Å². The minimum Gasteiger partial charge on any atom is -0.326 e. The summed E-state index contributed by atoms with van der Waals surface area (Å²) in [5, 5.41) is 12.7. The number of rotatable bonds is 6. The van der Waals surface area contributed by atoms with Crippen molar-refractivity contribution in [2.75, 3.05) is 10.6 Å². The monoisotopic (exact) mass is 499 g/mol. The van der Waals surface area contributed by atoms with Crippen molar-refractivity contribution < 1.29 is 22.8 Å². The van der Waals surface area contributed by atoms with E-state index in [9.17, 15) is 22.8 Å². The Kier molecular flexibility index (Phi) is 6.83. The van der Waals surface area contributed by atoms with E-state index in [2.05, 4.69) is 25.8 Å². The second kappa shape index (κ2) is 9.98. The molecule has 0 unspecified atom stereocenters. The van der Waals surface area contributed by atoms with E-state index in [-0.39, 0.29) is 10.7 Å². The lowest BCUT2D eigenvalue weighted by atomic mass is 10.1. The predicted molar refractivity (Wildman–Crippen MR) is 128 cm³/mol. The molecule has 178 valence electrons. The number of hydrogen-bond acceptors (Lipinski definition) is 4. The highest BCUT2D eigenvalue weighted by molar-refractivity contribution is 6.33. The molecule has 0 aliphatic rings. The lowest BCUT2D eigenvalue weighted by molar-refractivity contribution is -0.137. The molecule has 0 atom stereocenters. The number of nitrogens with zero attached hydrogens (tertiary/aromatic N) is 2. The van der Waals surface area contributed by atoms with E-state index in [1.165, 1.54) is 0 Å². The zero-order chi connectivity index (χ0) is 25.0. The molecular weight excluding hydrogens is 483 g/mol. The molecule has 0 aliphatic carbocycles. The molecule has 0 saturated heterocycles. The molecule has 2 aromatic heterocycles. The summed E-state index contributed by atoms with van der Waals surface area (Å²) in [5.74, 6) is -1.46. The molecule has 0 aliphatic heterocycles. The summed E-state index contributed by atoms with van der Waals surface area (Å²) < 4.78 is 38.7. The van der Waals surface area contributed by atoms with Crippen molar-refractivity contribution in [1.82, 2.24) is 15.2 Å². The van der Waals surface area contributed by atoms with Gasteiger partial charge in [-0.25, -0.2) is 0 Å². The van der Waals surface area contributed by atoms with Crippen molar-refractivity contribution in [2.45, 2.75) is 12.6 Å². The average Bonchev–Trinajstić information content (AvgIpc) is 3.21. The second-order valence-electron chi connectivity index (χ2n) is 7.42. The van der Waals surface area contributed by atoms with Crippen LogP contribution >= 0.6 is 11.6 Å². The number of anilines is 2. The van der Waals surface area contributed by atoms with Crippen LogP contribution in [0.5, 0.6) is 0 Å². The average molecular weight is 500 g/mol. The number of amides is 2. The molecule has 3 N–H and O–H groups in total. The SMILES string of the molecule is O=C(CC(=O)Nc1cc(C(F)(F)F)ccc1Cl)Nc1ccc2c(/C=C/c3ccccn3)n[nH]c2c1. The Labute approximate surface area is 202 Å². The van der Waals surface area contributed by atoms with Crippen LogP contribution in [0.1, 0.15) is 23.4 Å². The maximum absolute atomic E-state index is 12.9. The van der Waals surface area contributed by atoms with Crippen LogP contribution in [-0.2, 0) is 15.8 Å². The minimum atomic E-state index is -4.60. The van der Waals surface area contributed by atoms with Crippen LogP contribution in [0.2, 0.25) is 5.02 Å². The van der Waals surface area contributed by atoms with Crippen molar-refractivity contribution in [1.29, 1.82) is 0 Å². The number of H-pyrrole nitrogens is 1. The van der Waals surface area contributed by atoms with Crippen LogP contribution in [0.25, 0.3) is 23.1 Å². The lowest BCUT2D eigenvalue weighted by Gasteiger charge is -2.12.